The Balaban J connectivity index is 2.11. The standard InChI is InChI=1S/C29H41N3OSi/c1-9-17-32-20-22(2)31-21-29(32,6)27(24-15-13-23(19-30)14-16-24)25-11-10-12-26(18-25)33-34(7,8)28(3,4)5/h9-16,18,22,27,31H,1,17,20-21H2,2-8H3/t22?,27-,29?/m1/s1. The second-order valence-electron chi connectivity index (χ2n) is 11.4. The quantitative estimate of drug-likeness (QED) is 0.376. The van der Waals surface area contributed by atoms with Gasteiger partial charge in [0.25, 0.3) is 0 Å². The van der Waals surface area contributed by atoms with Crippen molar-refractivity contribution >= 4 is 8.32 Å². The fourth-order valence-electron chi connectivity index (χ4n) is 4.69. The van der Waals surface area contributed by atoms with Crippen LogP contribution in [0, 0.1) is 11.3 Å². The number of hydrogen-bond acceptors (Lipinski definition) is 4. The second-order valence-corrected chi connectivity index (χ2v) is 16.2. The van der Waals surface area contributed by atoms with Crippen LogP contribution in [0.2, 0.25) is 18.1 Å². The largest absolute Gasteiger partial charge is 0.543 e. The Morgan fingerprint density at radius 3 is 2.50 bits per heavy atom. The van der Waals surface area contributed by atoms with E-state index in [1.165, 1.54) is 11.1 Å². The van der Waals surface area contributed by atoms with Gasteiger partial charge < -0.3 is 9.74 Å². The zero-order valence-electron chi connectivity index (χ0n) is 22.0. The fraction of sp³-hybridized carbons (Fsp3) is 0.483. The van der Waals surface area contributed by atoms with Crippen LogP contribution in [0.4, 0.5) is 0 Å². The molecule has 0 bridgehead atoms. The maximum Gasteiger partial charge on any atom is 0.250 e. The zero-order chi connectivity index (χ0) is 25.1. The van der Waals surface area contributed by atoms with E-state index in [4.69, 9.17) is 4.43 Å². The van der Waals surface area contributed by atoms with Crippen molar-refractivity contribution < 1.29 is 4.43 Å². The average Bonchev–Trinajstić information content (AvgIpc) is 2.76. The lowest BCUT2D eigenvalue weighted by Gasteiger charge is -2.51. The predicted octanol–water partition coefficient (Wildman–Crippen LogP) is 6.31. The smallest absolute Gasteiger partial charge is 0.250 e. The van der Waals surface area contributed by atoms with E-state index in [-0.39, 0.29) is 16.5 Å². The van der Waals surface area contributed by atoms with Crippen molar-refractivity contribution in [2.75, 3.05) is 19.6 Å². The van der Waals surface area contributed by atoms with Crippen LogP contribution in [-0.4, -0.2) is 44.4 Å². The van der Waals surface area contributed by atoms with E-state index in [0.29, 0.717) is 11.6 Å². The normalized spacial score (nSPS) is 22.6. The molecule has 0 saturated carbocycles. The summed E-state index contributed by atoms with van der Waals surface area (Å²) in [6.45, 7) is 22.7. The van der Waals surface area contributed by atoms with Gasteiger partial charge in [0.2, 0.25) is 8.32 Å². The van der Waals surface area contributed by atoms with Crippen LogP contribution in [0.1, 0.15) is 57.2 Å². The summed E-state index contributed by atoms with van der Waals surface area (Å²) in [6, 6.07) is 19.4. The molecule has 2 unspecified atom stereocenters. The van der Waals surface area contributed by atoms with Crippen LogP contribution >= 0.6 is 0 Å². The number of hydrogen-bond donors (Lipinski definition) is 1. The highest BCUT2D eigenvalue weighted by Gasteiger charge is 2.44. The molecule has 1 N–H and O–H groups in total. The molecule has 1 aliphatic rings. The number of nitrogens with zero attached hydrogens (tertiary/aromatic N) is 2. The third kappa shape index (κ3) is 5.46. The Morgan fingerprint density at radius 1 is 1.24 bits per heavy atom. The van der Waals surface area contributed by atoms with Crippen molar-refractivity contribution in [3.05, 3.63) is 77.9 Å². The van der Waals surface area contributed by atoms with Gasteiger partial charge in [-0.2, -0.15) is 5.26 Å². The minimum Gasteiger partial charge on any atom is -0.543 e. The van der Waals surface area contributed by atoms with E-state index in [0.717, 1.165) is 25.4 Å². The molecule has 0 spiro atoms. The van der Waals surface area contributed by atoms with Crippen molar-refractivity contribution in [3.63, 3.8) is 0 Å². The fourth-order valence-corrected chi connectivity index (χ4v) is 5.71. The first-order valence-corrected chi connectivity index (χ1v) is 15.2. The topological polar surface area (TPSA) is 48.3 Å². The maximum absolute atomic E-state index is 9.34. The van der Waals surface area contributed by atoms with Crippen LogP contribution in [0.3, 0.4) is 0 Å². The van der Waals surface area contributed by atoms with E-state index >= 15 is 0 Å². The van der Waals surface area contributed by atoms with E-state index in [9.17, 15) is 5.26 Å². The Morgan fingerprint density at radius 2 is 1.91 bits per heavy atom. The van der Waals surface area contributed by atoms with Crippen LogP contribution in [-0.2, 0) is 0 Å². The Hall–Kier alpha value is -2.39. The van der Waals surface area contributed by atoms with Crippen molar-refractivity contribution in [3.8, 4) is 11.8 Å². The van der Waals surface area contributed by atoms with Crippen molar-refractivity contribution in [1.82, 2.24) is 10.2 Å². The third-order valence-corrected chi connectivity index (χ3v) is 12.1. The van der Waals surface area contributed by atoms with E-state index in [1.807, 2.05) is 18.2 Å². The molecule has 34 heavy (non-hydrogen) atoms. The number of benzene rings is 2. The molecule has 2 aromatic carbocycles. The highest BCUT2D eigenvalue weighted by atomic mass is 28.4. The zero-order valence-corrected chi connectivity index (χ0v) is 23.0. The molecule has 2 aromatic rings. The highest BCUT2D eigenvalue weighted by Crippen LogP contribution is 2.42. The van der Waals surface area contributed by atoms with E-state index in [1.54, 1.807) is 0 Å². The molecule has 1 aliphatic heterocycles. The monoisotopic (exact) mass is 475 g/mol. The summed E-state index contributed by atoms with van der Waals surface area (Å²) < 4.78 is 6.69. The van der Waals surface area contributed by atoms with Gasteiger partial charge in [0.1, 0.15) is 5.75 Å². The summed E-state index contributed by atoms with van der Waals surface area (Å²) in [5.74, 6) is 1.04. The minimum absolute atomic E-state index is 0.100. The maximum atomic E-state index is 9.34. The SMILES string of the molecule is C=CCN1CC(C)NCC1(C)[C@H](c1ccc(C#N)cc1)c1cccc(O[Si](C)(C)C(C)(C)C)c1. The van der Waals surface area contributed by atoms with Crippen molar-refractivity contribution in [2.45, 2.75) is 70.2 Å². The molecule has 3 rings (SSSR count). The lowest BCUT2D eigenvalue weighted by atomic mass is 9.73. The van der Waals surface area contributed by atoms with Gasteiger partial charge in [-0.05, 0) is 67.4 Å². The van der Waals surface area contributed by atoms with Crippen molar-refractivity contribution in [1.29, 1.82) is 5.26 Å². The molecular weight excluding hydrogens is 434 g/mol. The molecule has 182 valence electrons. The molecule has 1 saturated heterocycles. The summed E-state index contributed by atoms with van der Waals surface area (Å²) in [5.41, 5.74) is 2.94. The molecule has 4 nitrogen and oxygen atoms in total. The Bertz CT molecular complexity index is 1030. The number of nitriles is 1. The molecule has 3 atom stereocenters. The summed E-state index contributed by atoms with van der Waals surface area (Å²) in [4.78, 5) is 2.55. The summed E-state index contributed by atoms with van der Waals surface area (Å²) in [7, 11) is -1.96. The van der Waals surface area contributed by atoms with Gasteiger partial charge in [-0.1, -0.05) is 51.1 Å². The van der Waals surface area contributed by atoms with Crippen molar-refractivity contribution in [2.24, 2.45) is 0 Å². The molecular formula is C29H41N3OSi. The lowest BCUT2D eigenvalue weighted by molar-refractivity contribution is 0.0541. The van der Waals surface area contributed by atoms with E-state index < -0.39 is 8.32 Å². The first-order chi connectivity index (χ1) is 15.9. The van der Waals surface area contributed by atoms with Gasteiger partial charge in [-0.3, -0.25) is 4.90 Å². The van der Waals surface area contributed by atoms with Gasteiger partial charge in [0, 0.05) is 37.1 Å². The molecule has 1 fully saturated rings. The molecule has 0 radical (unpaired) electrons. The van der Waals surface area contributed by atoms with Gasteiger partial charge in [-0.25, -0.2) is 0 Å². The molecule has 0 aromatic heterocycles. The number of rotatable bonds is 7. The predicted molar refractivity (Wildman–Crippen MR) is 145 cm³/mol. The average molecular weight is 476 g/mol. The lowest BCUT2D eigenvalue weighted by Crippen LogP contribution is -2.65. The van der Waals surface area contributed by atoms with Crippen LogP contribution in [0.15, 0.2) is 61.2 Å². The van der Waals surface area contributed by atoms with E-state index in [2.05, 4.69) is 107 Å². The minimum atomic E-state index is -1.96. The number of piperazine rings is 1. The molecule has 1 heterocycles. The Labute approximate surface area is 207 Å². The van der Waals surface area contributed by atoms with Gasteiger partial charge in [0.05, 0.1) is 11.6 Å². The number of nitrogens with one attached hydrogen (secondary N) is 1. The summed E-state index contributed by atoms with van der Waals surface area (Å²) in [6.07, 6.45) is 2.00. The van der Waals surface area contributed by atoms with Crippen LogP contribution in [0.5, 0.6) is 5.75 Å². The second kappa shape index (κ2) is 10.1. The molecule has 0 amide bonds. The van der Waals surface area contributed by atoms with Gasteiger partial charge >= 0.3 is 0 Å². The first kappa shape index (κ1) is 26.2. The van der Waals surface area contributed by atoms with Gasteiger partial charge in [0.15, 0.2) is 0 Å². The third-order valence-electron chi connectivity index (χ3n) is 7.74. The summed E-state index contributed by atoms with van der Waals surface area (Å²) in [5, 5.41) is 13.2. The Kier molecular flexibility index (Phi) is 7.77. The highest BCUT2D eigenvalue weighted by molar-refractivity contribution is 6.74. The molecule has 0 aliphatic carbocycles. The van der Waals surface area contributed by atoms with Crippen LogP contribution < -0.4 is 9.74 Å². The molecule has 5 heteroatoms. The summed E-state index contributed by atoms with van der Waals surface area (Å²) >= 11 is 0. The first-order valence-electron chi connectivity index (χ1n) is 12.3. The van der Waals surface area contributed by atoms with Crippen LogP contribution in [0.25, 0.3) is 0 Å². The van der Waals surface area contributed by atoms with Gasteiger partial charge in [-0.15, -0.1) is 6.58 Å².